The van der Waals surface area contributed by atoms with Crippen molar-refractivity contribution in [2.24, 2.45) is 11.3 Å². The van der Waals surface area contributed by atoms with Crippen LogP contribution in [0.4, 0.5) is 24.5 Å². The van der Waals surface area contributed by atoms with E-state index >= 15 is 0 Å². The molecule has 4 heterocycles. The number of hydrogen-bond donors (Lipinski definition) is 4. The van der Waals surface area contributed by atoms with Crippen molar-refractivity contribution in [3.63, 3.8) is 0 Å². The number of thioether (sulfide) groups is 1. The van der Waals surface area contributed by atoms with Crippen LogP contribution in [0.25, 0.3) is 5.57 Å². The highest BCUT2D eigenvalue weighted by molar-refractivity contribution is 7.99. The van der Waals surface area contributed by atoms with Gasteiger partial charge in [0.15, 0.2) is 0 Å². The van der Waals surface area contributed by atoms with E-state index in [0.29, 0.717) is 92.6 Å². The fraction of sp³-hybridized carbons (Fsp3) is 0.494. The van der Waals surface area contributed by atoms with Crippen molar-refractivity contribution in [3.8, 4) is 5.75 Å². The SMILES string of the molecule is CN[C@@H](C)C(=O)N[C@H](C(=O)N1CCC[C@H]1c1nc(C(=O)c2cccc(OCCOCCOCC(=O)N3CCN(CC[C@H](CSc4ccccc4)Nc4ccc(S(=O)(=O)NC(=O)c5ccc(N6CCN(CC7=C(c8ccc(Cl)cc8)CCC(C)(C)C7)CC6)cc5)cc4S(=O)(=O)C(F)(F)F)CC3)c2)cs1)C1CCCCC1. The number of nitrogens with one attached hydrogen (secondary N) is 4. The molecule has 588 valence electrons. The van der Waals surface area contributed by atoms with E-state index in [-0.39, 0.29) is 90.9 Å². The van der Waals surface area contributed by atoms with Crippen LogP contribution in [-0.2, 0) is 43.7 Å². The molecule has 3 saturated heterocycles. The maximum atomic E-state index is 14.6. The average molecular weight is 1600 g/mol. The number of amides is 4. The Labute approximate surface area is 650 Å². The van der Waals surface area contributed by atoms with Crippen molar-refractivity contribution in [1.29, 1.82) is 0 Å². The number of ether oxygens (including phenoxy) is 3. The van der Waals surface area contributed by atoms with Crippen molar-refractivity contribution in [2.45, 2.75) is 136 Å². The molecule has 4 fully saturated rings. The number of alkyl halides is 3. The van der Waals surface area contributed by atoms with Crippen LogP contribution in [0, 0.1) is 11.3 Å². The van der Waals surface area contributed by atoms with Gasteiger partial charge >= 0.3 is 5.51 Å². The first-order valence-corrected chi connectivity index (χ1v) is 42.6. The molecule has 0 radical (unpaired) electrons. The summed E-state index contributed by atoms with van der Waals surface area (Å²) in [5.74, 6) is -1.12. The van der Waals surface area contributed by atoms with Gasteiger partial charge in [-0.25, -0.2) is 26.5 Å². The Hall–Kier alpha value is -7.45. The average Bonchev–Trinajstić information content (AvgIpc) is 1.62. The molecule has 0 spiro atoms. The van der Waals surface area contributed by atoms with Gasteiger partial charge in [0.05, 0.1) is 42.5 Å². The summed E-state index contributed by atoms with van der Waals surface area (Å²) in [6, 6.07) is 30.7. The molecule has 0 unspecified atom stereocenters. The first-order valence-electron chi connectivity index (χ1n) is 37.4. The third kappa shape index (κ3) is 22.0. The predicted molar refractivity (Wildman–Crippen MR) is 417 cm³/mol. The zero-order chi connectivity index (χ0) is 77.5. The van der Waals surface area contributed by atoms with Gasteiger partial charge in [0, 0.05) is 116 Å². The molecule has 1 aromatic heterocycles. The van der Waals surface area contributed by atoms with Gasteiger partial charge in [0.2, 0.25) is 23.5 Å². The molecule has 1 saturated carbocycles. The molecule has 5 aromatic carbocycles. The highest BCUT2D eigenvalue weighted by atomic mass is 35.5. The fourth-order valence-corrected chi connectivity index (χ4v) is 18.8. The van der Waals surface area contributed by atoms with Crippen molar-refractivity contribution in [1.82, 2.24) is 39.9 Å². The Morgan fingerprint density at radius 1 is 0.761 bits per heavy atom. The number of sulfone groups is 1. The molecule has 109 heavy (non-hydrogen) atoms. The lowest BCUT2D eigenvalue weighted by Crippen LogP contribution is -2.55. The summed E-state index contributed by atoms with van der Waals surface area (Å²) in [7, 11) is -9.41. The minimum absolute atomic E-state index is 0.0394. The van der Waals surface area contributed by atoms with Gasteiger partial charge in [0.1, 0.15) is 40.6 Å². The van der Waals surface area contributed by atoms with E-state index < -0.39 is 64.9 Å². The van der Waals surface area contributed by atoms with Gasteiger partial charge < -0.3 is 44.9 Å². The monoisotopic (exact) mass is 1600 g/mol. The summed E-state index contributed by atoms with van der Waals surface area (Å²) < 4.78 is 118. The number of aromatic nitrogens is 1. The molecule has 2 aliphatic carbocycles. The summed E-state index contributed by atoms with van der Waals surface area (Å²) in [6.07, 6.45) is 9.77. The summed E-state index contributed by atoms with van der Waals surface area (Å²) >= 11 is 8.97. The quantitative estimate of drug-likeness (QED) is 0.0170. The van der Waals surface area contributed by atoms with E-state index in [1.165, 1.54) is 51.9 Å². The smallest absolute Gasteiger partial charge is 0.491 e. The number of anilines is 2. The maximum Gasteiger partial charge on any atom is 0.501 e. The minimum Gasteiger partial charge on any atom is -0.491 e. The maximum absolute atomic E-state index is 14.6. The Balaban J connectivity index is 0.618. The molecule has 11 rings (SSSR count). The number of sulfonamides is 1. The highest BCUT2D eigenvalue weighted by Gasteiger charge is 2.49. The molecular formula is C79H98ClF3N10O12S4. The lowest BCUT2D eigenvalue weighted by Gasteiger charge is -2.39. The van der Waals surface area contributed by atoms with Crippen molar-refractivity contribution in [3.05, 3.63) is 165 Å². The number of allylic oxidation sites excluding steroid dienone is 1. The van der Waals surface area contributed by atoms with Gasteiger partial charge in [-0.3, -0.25) is 33.8 Å². The molecule has 5 aliphatic rings. The first kappa shape index (κ1) is 82.5. The van der Waals surface area contributed by atoms with Crippen LogP contribution in [0.5, 0.6) is 5.75 Å². The predicted octanol–water partition coefficient (Wildman–Crippen LogP) is 11.8. The second kappa shape index (κ2) is 37.7. The van der Waals surface area contributed by atoms with Gasteiger partial charge in [-0.1, -0.05) is 92.7 Å². The number of hydrogen-bond acceptors (Lipinski definition) is 20. The molecule has 22 nitrogen and oxygen atoms in total. The van der Waals surface area contributed by atoms with E-state index in [1.807, 2.05) is 52.1 Å². The van der Waals surface area contributed by atoms with E-state index in [0.717, 1.165) is 100 Å². The van der Waals surface area contributed by atoms with E-state index in [9.17, 15) is 54.0 Å². The fourth-order valence-electron chi connectivity index (χ4n) is 14.7. The van der Waals surface area contributed by atoms with Gasteiger partial charge in [-0.05, 0) is 167 Å². The number of thiazole rings is 1. The zero-order valence-corrected chi connectivity index (χ0v) is 66.1. The molecule has 0 bridgehead atoms. The first-order chi connectivity index (χ1) is 52.2. The van der Waals surface area contributed by atoms with E-state index in [2.05, 4.69) is 56.6 Å². The number of ketones is 1. The van der Waals surface area contributed by atoms with Gasteiger partial charge in [0.25, 0.3) is 25.8 Å². The summed E-state index contributed by atoms with van der Waals surface area (Å²) in [5, 5.41) is 12.1. The number of likely N-dealkylation sites (tertiary alicyclic amines) is 1. The largest absolute Gasteiger partial charge is 0.501 e. The van der Waals surface area contributed by atoms with Crippen LogP contribution in [0.2, 0.25) is 5.02 Å². The normalized spacial score (nSPS) is 18.6. The summed E-state index contributed by atoms with van der Waals surface area (Å²) in [5.41, 5.74) is -0.680. The molecule has 4 N–H and O–H groups in total. The number of benzene rings is 5. The van der Waals surface area contributed by atoms with Crippen LogP contribution in [0.1, 0.15) is 134 Å². The van der Waals surface area contributed by atoms with Crippen LogP contribution < -0.4 is 30.3 Å². The minimum atomic E-state index is -6.18. The number of piperazine rings is 2. The lowest BCUT2D eigenvalue weighted by molar-refractivity contribution is -0.139. The highest BCUT2D eigenvalue weighted by Crippen LogP contribution is 2.44. The van der Waals surface area contributed by atoms with Gasteiger partial charge in [-0.15, -0.1) is 23.1 Å². The van der Waals surface area contributed by atoms with Crippen LogP contribution >= 0.6 is 34.7 Å². The van der Waals surface area contributed by atoms with Crippen LogP contribution in [-0.4, -0.2) is 212 Å². The molecule has 6 aromatic rings. The second-order valence-corrected chi connectivity index (χ2v) is 35.3. The Kier molecular flexibility index (Phi) is 28.5. The third-order valence-corrected chi connectivity index (χ3v) is 26.3. The van der Waals surface area contributed by atoms with Crippen molar-refractivity contribution >= 4 is 101 Å². The molecule has 4 amide bonds. The number of rotatable bonds is 33. The van der Waals surface area contributed by atoms with Gasteiger partial charge in [-0.2, -0.15) is 13.2 Å². The van der Waals surface area contributed by atoms with E-state index in [1.54, 1.807) is 60.6 Å². The van der Waals surface area contributed by atoms with E-state index in [4.69, 9.17) is 30.8 Å². The Morgan fingerprint density at radius 2 is 1.47 bits per heavy atom. The summed E-state index contributed by atoms with van der Waals surface area (Å²) in [4.78, 5) is 81.7. The number of nitrogens with zero attached hydrogens (tertiary/aromatic N) is 6. The molecule has 30 heteroatoms. The topological polar surface area (TPSA) is 259 Å². The number of halogens is 4. The number of carbonyl (C=O) groups excluding carboxylic acids is 5. The second-order valence-electron chi connectivity index (χ2n) is 29.3. The van der Waals surface area contributed by atoms with Crippen molar-refractivity contribution < 1.29 is 68.2 Å². The Bertz CT molecular complexity index is 4380. The number of likely N-dealkylation sites (N-methyl/N-ethyl adjacent to an activating group) is 1. The van der Waals surface area contributed by atoms with Crippen molar-refractivity contribution in [2.75, 3.05) is 128 Å². The third-order valence-electron chi connectivity index (χ3n) is 21.1. The molecule has 4 atom stereocenters. The Morgan fingerprint density at radius 3 is 2.18 bits per heavy atom. The molecule has 3 aliphatic heterocycles. The zero-order valence-electron chi connectivity index (χ0n) is 62.0. The van der Waals surface area contributed by atoms with Crippen LogP contribution in [0.15, 0.2) is 147 Å². The number of carbonyl (C=O) groups is 5. The lowest BCUT2D eigenvalue weighted by atomic mass is 9.73. The molecular weight excluding hydrogens is 1500 g/mol. The standard InChI is InChI=1S/C79H98ClF3N10O12S4/c1-54(84-4)74(96)87-72(56-13-7-5-8-14-56)77(98)93-33-12-19-69(93)76-86-68(53-107-76)73(95)58-15-11-16-63(47-58)105-46-45-103-43-44-104-51-71(94)92-41-35-89(36-42-92)34-31-61(52-106-64-17-9-6-10-18-64)85-67-29-28-65(48-70(67)108(99,100)79(81,82)83)109(101,102)88-75(97)57-22-26-62(27-23-57)91-39-37-90(38-40-91)50-59-49-78(2,3)32-30-66(59)55-20-24-60(80)25-21-55/h6,9-11,15-18,20-29,47-48,53-54,56,61,69,72,84-85H,5,7-8,12-14,19,30-46,49-52H2,1-4H3,(H,87,96)(H,88,97)/t54-,61+,69-,72-/m0/s1. The van der Waals surface area contributed by atoms with Crippen LogP contribution in [0.3, 0.4) is 0 Å². The summed E-state index contributed by atoms with van der Waals surface area (Å²) in [6.45, 7) is 13.3.